The molecule has 1 N–H and O–H groups in total. The number of aryl methyl sites for hydroxylation is 1. The summed E-state index contributed by atoms with van der Waals surface area (Å²) in [5.41, 5.74) is 1.73. The van der Waals surface area contributed by atoms with Gasteiger partial charge in [-0.2, -0.15) is 5.10 Å². The van der Waals surface area contributed by atoms with Crippen LogP contribution >= 0.6 is 0 Å². The number of nitrogens with one attached hydrogen (secondary N) is 1. The first kappa shape index (κ1) is 15.9. The highest BCUT2D eigenvalue weighted by Crippen LogP contribution is 2.21. The first-order valence-electron chi connectivity index (χ1n) is 7.76. The molecular weight excluding hydrogens is 308 g/mol. The van der Waals surface area contributed by atoms with E-state index < -0.39 is 0 Å². The van der Waals surface area contributed by atoms with Crippen molar-refractivity contribution < 1.29 is 9.59 Å². The van der Waals surface area contributed by atoms with Crippen molar-refractivity contribution in [3.05, 3.63) is 58.0 Å². The SMILES string of the molecule is Cn1nc(C(=O)NCc2ccc(N3CCCC3=O)cc2)ccc1=O. The highest BCUT2D eigenvalue weighted by molar-refractivity contribution is 5.95. The summed E-state index contributed by atoms with van der Waals surface area (Å²) in [4.78, 5) is 36.8. The van der Waals surface area contributed by atoms with Crippen LogP contribution in [0.5, 0.6) is 0 Å². The zero-order chi connectivity index (χ0) is 17.1. The number of hydrogen-bond acceptors (Lipinski definition) is 4. The smallest absolute Gasteiger partial charge is 0.271 e. The van der Waals surface area contributed by atoms with Crippen LogP contribution in [0.25, 0.3) is 0 Å². The standard InChI is InChI=1S/C17H18N4O3/c1-20-15(22)9-8-14(19-20)17(24)18-11-12-4-6-13(7-5-12)21-10-2-3-16(21)23/h4-9H,2-3,10-11H2,1H3,(H,18,24). The van der Waals surface area contributed by atoms with E-state index in [1.54, 1.807) is 4.90 Å². The Balaban J connectivity index is 1.62. The second kappa shape index (κ2) is 6.66. The molecule has 1 aromatic carbocycles. The lowest BCUT2D eigenvalue weighted by Crippen LogP contribution is -2.28. The molecule has 124 valence electrons. The van der Waals surface area contributed by atoms with Gasteiger partial charge in [0.15, 0.2) is 0 Å². The summed E-state index contributed by atoms with van der Waals surface area (Å²) >= 11 is 0. The van der Waals surface area contributed by atoms with Gasteiger partial charge in [-0.25, -0.2) is 4.68 Å². The lowest BCUT2D eigenvalue weighted by atomic mass is 10.2. The van der Waals surface area contributed by atoms with Gasteiger partial charge in [-0.15, -0.1) is 0 Å². The maximum absolute atomic E-state index is 12.1. The summed E-state index contributed by atoms with van der Waals surface area (Å²) in [5, 5.41) is 6.67. The molecule has 2 heterocycles. The number of nitrogens with zero attached hydrogens (tertiary/aromatic N) is 3. The summed E-state index contributed by atoms with van der Waals surface area (Å²) in [6.07, 6.45) is 1.49. The van der Waals surface area contributed by atoms with Crippen LogP contribution in [0.2, 0.25) is 0 Å². The predicted molar refractivity (Wildman–Crippen MR) is 88.7 cm³/mol. The summed E-state index contributed by atoms with van der Waals surface area (Å²) < 4.78 is 1.12. The van der Waals surface area contributed by atoms with E-state index >= 15 is 0 Å². The maximum Gasteiger partial charge on any atom is 0.271 e. The number of aromatic nitrogens is 2. The Bertz CT molecular complexity index is 826. The van der Waals surface area contributed by atoms with Gasteiger partial charge in [0.1, 0.15) is 5.69 Å². The molecule has 0 spiro atoms. The summed E-state index contributed by atoms with van der Waals surface area (Å²) in [7, 11) is 1.50. The molecule has 1 aliphatic heterocycles. The van der Waals surface area contributed by atoms with Gasteiger partial charge < -0.3 is 10.2 Å². The molecule has 7 heteroatoms. The molecule has 0 unspecified atom stereocenters. The quantitative estimate of drug-likeness (QED) is 0.902. The van der Waals surface area contributed by atoms with E-state index in [1.807, 2.05) is 24.3 Å². The molecule has 2 amide bonds. The van der Waals surface area contributed by atoms with Crippen molar-refractivity contribution in [3.63, 3.8) is 0 Å². The second-order valence-electron chi connectivity index (χ2n) is 5.68. The van der Waals surface area contributed by atoms with Gasteiger partial charge in [-0.1, -0.05) is 12.1 Å². The minimum atomic E-state index is -0.343. The van der Waals surface area contributed by atoms with Gasteiger partial charge in [-0.05, 0) is 30.2 Å². The van der Waals surface area contributed by atoms with Crippen molar-refractivity contribution in [2.24, 2.45) is 7.05 Å². The van der Waals surface area contributed by atoms with E-state index in [2.05, 4.69) is 10.4 Å². The molecule has 3 rings (SSSR count). The van der Waals surface area contributed by atoms with Crippen LogP contribution < -0.4 is 15.8 Å². The van der Waals surface area contributed by atoms with Crippen LogP contribution in [0.4, 0.5) is 5.69 Å². The van der Waals surface area contributed by atoms with Crippen molar-refractivity contribution in [2.45, 2.75) is 19.4 Å². The molecule has 0 aliphatic carbocycles. The summed E-state index contributed by atoms with van der Waals surface area (Å²) in [5.74, 6) is -0.193. The molecular formula is C17H18N4O3. The van der Waals surface area contributed by atoms with Crippen LogP contribution in [0.15, 0.2) is 41.2 Å². The van der Waals surface area contributed by atoms with Crippen molar-refractivity contribution in [2.75, 3.05) is 11.4 Å². The first-order chi connectivity index (χ1) is 11.5. The Morgan fingerprint density at radius 2 is 1.92 bits per heavy atom. The van der Waals surface area contributed by atoms with Crippen LogP contribution in [-0.4, -0.2) is 28.1 Å². The van der Waals surface area contributed by atoms with Crippen molar-refractivity contribution in [3.8, 4) is 0 Å². The molecule has 0 radical (unpaired) electrons. The van der Waals surface area contributed by atoms with E-state index in [1.165, 1.54) is 19.2 Å². The zero-order valence-corrected chi connectivity index (χ0v) is 13.4. The number of carbonyl (C=O) groups is 2. The largest absolute Gasteiger partial charge is 0.347 e. The van der Waals surface area contributed by atoms with E-state index in [4.69, 9.17) is 0 Å². The molecule has 0 saturated carbocycles. The average molecular weight is 326 g/mol. The number of benzene rings is 1. The number of anilines is 1. The lowest BCUT2D eigenvalue weighted by Gasteiger charge is -2.16. The third-order valence-electron chi connectivity index (χ3n) is 3.97. The third kappa shape index (κ3) is 3.34. The second-order valence-corrected chi connectivity index (χ2v) is 5.68. The average Bonchev–Trinajstić information content (AvgIpc) is 3.01. The van der Waals surface area contributed by atoms with Gasteiger partial charge in [0.2, 0.25) is 5.91 Å². The molecule has 0 bridgehead atoms. The Morgan fingerprint density at radius 1 is 1.17 bits per heavy atom. The minimum absolute atomic E-state index is 0.150. The third-order valence-corrected chi connectivity index (χ3v) is 3.97. The fourth-order valence-electron chi connectivity index (χ4n) is 2.61. The van der Waals surface area contributed by atoms with E-state index in [-0.39, 0.29) is 23.1 Å². The Kier molecular flexibility index (Phi) is 4.41. The van der Waals surface area contributed by atoms with Crippen LogP contribution in [0.3, 0.4) is 0 Å². The van der Waals surface area contributed by atoms with Gasteiger partial charge in [-0.3, -0.25) is 14.4 Å². The monoisotopic (exact) mass is 326 g/mol. The number of amides is 2. The molecule has 0 atom stereocenters. The Morgan fingerprint density at radius 3 is 2.54 bits per heavy atom. The molecule has 24 heavy (non-hydrogen) atoms. The van der Waals surface area contributed by atoms with Crippen LogP contribution in [0.1, 0.15) is 28.9 Å². The van der Waals surface area contributed by atoms with Crippen molar-refractivity contribution >= 4 is 17.5 Å². The van der Waals surface area contributed by atoms with Crippen molar-refractivity contribution in [1.29, 1.82) is 0 Å². The fraction of sp³-hybridized carbons (Fsp3) is 0.294. The lowest BCUT2D eigenvalue weighted by molar-refractivity contribution is -0.117. The van der Waals surface area contributed by atoms with Gasteiger partial charge in [0.25, 0.3) is 11.5 Å². The maximum atomic E-state index is 12.1. The number of carbonyl (C=O) groups excluding carboxylic acids is 2. The zero-order valence-electron chi connectivity index (χ0n) is 13.4. The van der Waals surface area contributed by atoms with Gasteiger partial charge >= 0.3 is 0 Å². The number of rotatable bonds is 4. The minimum Gasteiger partial charge on any atom is -0.347 e. The van der Waals surface area contributed by atoms with Crippen LogP contribution in [-0.2, 0) is 18.4 Å². The Hall–Kier alpha value is -2.96. The van der Waals surface area contributed by atoms with Gasteiger partial charge in [0, 0.05) is 38.3 Å². The molecule has 1 aliphatic rings. The summed E-state index contributed by atoms with van der Waals surface area (Å²) in [6, 6.07) is 10.2. The predicted octanol–water partition coefficient (Wildman–Crippen LogP) is 0.837. The highest BCUT2D eigenvalue weighted by Gasteiger charge is 2.21. The molecule has 2 aromatic rings. The number of hydrogen-bond donors (Lipinski definition) is 1. The molecule has 1 fully saturated rings. The van der Waals surface area contributed by atoms with Crippen molar-refractivity contribution in [1.82, 2.24) is 15.1 Å². The van der Waals surface area contributed by atoms with E-state index in [0.29, 0.717) is 13.0 Å². The topological polar surface area (TPSA) is 84.3 Å². The normalized spacial score (nSPS) is 14.0. The molecule has 1 saturated heterocycles. The van der Waals surface area contributed by atoms with E-state index in [0.717, 1.165) is 28.9 Å². The molecule has 7 nitrogen and oxygen atoms in total. The summed E-state index contributed by atoms with van der Waals surface area (Å²) in [6.45, 7) is 1.10. The highest BCUT2D eigenvalue weighted by atomic mass is 16.2. The van der Waals surface area contributed by atoms with Crippen LogP contribution in [0, 0.1) is 0 Å². The fourth-order valence-corrected chi connectivity index (χ4v) is 2.61. The van der Waals surface area contributed by atoms with Gasteiger partial charge in [0.05, 0.1) is 0 Å². The molecule has 1 aromatic heterocycles. The Labute approximate surface area is 138 Å². The van der Waals surface area contributed by atoms with E-state index in [9.17, 15) is 14.4 Å². The first-order valence-corrected chi connectivity index (χ1v) is 7.76.